The van der Waals surface area contributed by atoms with Crippen molar-refractivity contribution >= 4 is 24.0 Å². The quantitative estimate of drug-likeness (QED) is 0.457. The van der Waals surface area contributed by atoms with E-state index in [1.165, 1.54) is 95.7 Å². The summed E-state index contributed by atoms with van der Waals surface area (Å²) >= 11 is 6.59. The molecule has 4 rings (SSSR count). The van der Waals surface area contributed by atoms with E-state index < -0.39 is 0 Å². The van der Waals surface area contributed by atoms with E-state index in [-0.39, 0.29) is 12.4 Å². The highest BCUT2D eigenvalue weighted by molar-refractivity contribution is 6.31. The number of rotatable bonds is 2. The van der Waals surface area contributed by atoms with Gasteiger partial charge in [-0.05, 0) is 80.6 Å². The first-order chi connectivity index (χ1) is 13.2. The molecule has 1 heterocycles. The Labute approximate surface area is 183 Å². The van der Waals surface area contributed by atoms with Gasteiger partial charge < -0.3 is 0 Å². The first-order valence-electron chi connectivity index (χ1n) is 11.2. The SMILES string of the molecule is Cl.Clc1cc(C#CCN2CCC3(CCCCC3)CC2)ccc1C1CCCCC1. The highest BCUT2D eigenvalue weighted by atomic mass is 35.5. The van der Waals surface area contributed by atoms with Crippen LogP contribution in [0.5, 0.6) is 0 Å². The Balaban J connectivity index is 0.00000225. The van der Waals surface area contributed by atoms with Gasteiger partial charge in [-0.25, -0.2) is 0 Å². The van der Waals surface area contributed by atoms with Gasteiger partial charge in [-0.1, -0.05) is 68.0 Å². The van der Waals surface area contributed by atoms with Crippen LogP contribution in [0.2, 0.25) is 5.02 Å². The third-order valence-electron chi connectivity index (χ3n) is 7.41. The molecule has 1 saturated heterocycles. The van der Waals surface area contributed by atoms with E-state index in [1.807, 2.05) is 0 Å². The third-order valence-corrected chi connectivity index (χ3v) is 7.74. The van der Waals surface area contributed by atoms with Crippen LogP contribution in [0.3, 0.4) is 0 Å². The van der Waals surface area contributed by atoms with Crippen molar-refractivity contribution in [3.8, 4) is 11.8 Å². The Bertz CT molecular complexity index is 680. The van der Waals surface area contributed by atoms with Crippen molar-refractivity contribution in [3.63, 3.8) is 0 Å². The van der Waals surface area contributed by atoms with Crippen LogP contribution in [-0.2, 0) is 0 Å². The van der Waals surface area contributed by atoms with Crippen molar-refractivity contribution in [2.45, 2.75) is 83.0 Å². The van der Waals surface area contributed by atoms with Gasteiger partial charge in [0.1, 0.15) is 0 Å². The molecule has 2 saturated carbocycles. The molecule has 0 bridgehead atoms. The van der Waals surface area contributed by atoms with Gasteiger partial charge in [0.25, 0.3) is 0 Å². The second-order valence-electron chi connectivity index (χ2n) is 9.21. The molecule has 154 valence electrons. The molecule has 1 nitrogen and oxygen atoms in total. The predicted molar refractivity (Wildman–Crippen MR) is 123 cm³/mol. The maximum atomic E-state index is 6.59. The highest BCUT2D eigenvalue weighted by Crippen LogP contribution is 2.44. The molecule has 0 amide bonds. The van der Waals surface area contributed by atoms with Gasteiger partial charge in [-0.15, -0.1) is 12.4 Å². The van der Waals surface area contributed by atoms with Crippen LogP contribution in [0.4, 0.5) is 0 Å². The van der Waals surface area contributed by atoms with Gasteiger partial charge in [-0.3, -0.25) is 4.90 Å². The summed E-state index contributed by atoms with van der Waals surface area (Å²) in [6.45, 7) is 3.37. The molecule has 3 aliphatic rings. The zero-order chi connectivity index (χ0) is 18.5. The number of nitrogens with zero attached hydrogens (tertiary/aromatic N) is 1. The number of piperidine rings is 1. The molecule has 1 spiro atoms. The van der Waals surface area contributed by atoms with Crippen molar-refractivity contribution < 1.29 is 0 Å². The maximum absolute atomic E-state index is 6.59. The minimum absolute atomic E-state index is 0. The van der Waals surface area contributed by atoms with Crippen molar-refractivity contribution in [3.05, 3.63) is 34.3 Å². The number of benzene rings is 1. The first-order valence-corrected chi connectivity index (χ1v) is 11.6. The molecule has 3 fully saturated rings. The fourth-order valence-corrected chi connectivity index (χ4v) is 5.93. The second kappa shape index (κ2) is 10.4. The lowest BCUT2D eigenvalue weighted by molar-refractivity contribution is 0.0746. The molecule has 1 aliphatic heterocycles. The van der Waals surface area contributed by atoms with E-state index in [0.717, 1.165) is 17.1 Å². The number of likely N-dealkylation sites (tertiary alicyclic amines) is 1. The normalized spacial score (nSPS) is 22.9. The largest absolute Gasteiger partial charge is 0.292 e. The summed E-state index contributed by atoms with van der Waals surface area (Å²) in [7, 11) is 0. The van der Waals surface area contributed by atoms with Gasteiger partial charge >= 0.3 is 0 Å². The average Bonchev–Trinajstić information content (AvgIpc) is 2.71. The minimum atomic E-state index is 0. The molecule has 0 atom stereocenters. The van der Waals surface area contributed by atoms with E-state index in [9.17, 15) is 0 Å². The van der Waals surface area contributed by atoms with Gasteiger partial charge in [0.15, 0.2) is 0 Å². The summed E-state index contributed by atoms with van der Waals surface area (Å²) < 4.78 is 0. The Morgan fingerprint density at radius 1 is 0.929 bits per heavy atom. The lowest BCUT2D eigenvalue weighted by atomic mass is 9.68. The Kier molecular flexibility index (Phi) is 8.16. The van der Waals surface area contributed by atoms with E-state index in [1.54, 1.807) is 0 Å². The van der Waals surface area contributed by atoms with E-state index in [2.05, 4.69) is 34.9 Å². The Morgan fingerprint density at radius 2 is 1.61 bits per heavy atom. The molecule has 28 heavy (non-hydrogen) atoms. The summed E-state index contributed by atoms with van der Waals surface area (Å²) in [4.78, 5) is 2.55. The number of hydrogen-bond acceptors (Lipinski definition) is 1. The molecule has 1 aromatic carbocycles. The van der Waals surface area contributed by atoms with Crippen molar-refractivity contribution in [2.24, 2.45) is 5.41 Å². The maximum Gasteiger partial charge on any atom is 0.0605 e. The lowest BCUT2D eigenvalue weighted by Gasteiger charge is -2.44. The van der Waals surface area contributed by atoms with Crippen molar-refractivity contribution in [2.75, 3.05) is 19.6 Å². The predicted octanol–water partition coefficient (Wildman–Crippen LogP) is 7.21. The lowest BCUT2D eigenvalue weighted by Crippen LogP contribution is -2.41. The van der Waals surface area contributed by atoms with Crippen LogP contribution in [-0.4, -0.2) is 24.5 Å². The molecule has 3 heteroatoms. The van der Waals surface area contributed by atoms with Crippen molar-refractivity contribution in [1.82, 2.24) is 4.90 Å². The van der Waals surface area contributed by atoms with E-state index >= 15 is 0 Å². The average molecular weight is 420 g/mol. The minimum Gasteiger partial charge on any atom is -0.292 e. The fourth-order valence-electron chi connectivity index (χ4n) is 5.59. The van der Waals surface area contributed by atoms with E-state index in [4.69, 9.17) is 11.6 Å². The summed E-state index contributed by atoms with van der Waals surface area (Å²) in [5, 5.41) is 0.922. The molecule has 0 unspecified atom stereocenters. The Hall–Kier alpha value is -0.680. The molecular formula is C25H35Cl2N. The molecule has 1 aromatic rings. The van der Waals surface area contributed by atoms with Crippen LogP contribution in [0.1, 0.15) is 94.1 Å². The van der Waals surface area contributed by atoms with Crippen molar-refractivity contribution in [1.29, 1.82) is 0 Å². The smallest absolute Gasteiger partial charge is 0.0605 e. The summed E-state index contributed by atoms with van der Waals surface area (Å²) in [5.74, 6) is 7.42. The number of halogens is 2. The van der Waals surface area contributed by atoms with Gasteiger partial charge in [0, 0.05) is 10.6 Å². The van der Waals surface area contributed by atoms with Crippen LogP contribution >= 0.6 is 24.0 Å². The van der Waals surface area contributed by atoms with Crippen LogP contribution in [0.15, 0.2) is 18.2 Å². The molecular weight excluding hydrogens is 385 g/mol. The van der Waals surface area contributed by atoms with Crippen LogP contribution < -0.4 is 0 Å². The monoisotopic (exact) mass is 419 g/mol. The first kappa shape index (κ1) is 22.0. The Morgan fingerprint density at radius 3 is 2.29 bits per heavy atom. The van der Waals surface area contributed by atoms with Crippen LogP contribution in [0, 0.1) is 17.3 Å². The fraction of sp³-hybridized carbons (Fsp3) is 0.680. The van der Waals surface area contributed by atoms with Gasteiger partial charge in [0.2, 0.25) is 0 Å². The summed E-state index contributed by atoms with van der Waals surface area (Å²) in [5.41, 5.74) is 3.10. The zero-order valence-electron chi connectivity index (χ0n) is 17.1. The van der Waals surface area contributed by atoms with E-state index in [0.29, 0.717) is 11.3 Å². The van der Waals surface area contributed by atoms with Crippen LogP contribution in [0.25, 0.3) is 0 Å². The summed E-state index contributed by atoms with van der Waals surface area (Å²) in [6.07, 6.45) is 16.7. The topological polar surface area (TPSA) is 3.24 Å². The molecule has 0 N–H and O–H groups in total. The van der Waals surface area contributed by atoms with Gasteiger partial charge in [0.05, 0.1) is 6.54 Å². The second-order valence-corrected chi connectivity index (χ2v) is 9.62. The standard InChI is InChI=1S/C25H34ClN.ClH/c26-24-20-21(11-12-23(24)22-9-3-1-4-10-22)8-7-17-27-18-15-25(16-19-27)13-5-2-6-14-25;/h11-12,20,22H,1-6,9-10,13-19H2;1H. The molecule has 0 radical (unpaired) electrons. The third kappa shape index (κ3) is 5.47. The molecule has 2 aliphatic carbocycles. The number of hydrogen-bond donors (Lipinski definition) is 0. The molecule has 0 aromatic heterocycles. The highest BCUT2D eigenvalue weighted by Gasteiger charge is 2.35. The summed E-state index contributed by atoms with van der Waals surface area (Å²) in [6, 6.07) is 6.50. The van der Waals surface area contributed by atoms with Gasteiger partial charge in [-0.2, -0.15) is 0 Å². The zero-order valence-corrected chi connectivity index (χ0v) is 18.7.